The minimum atomic E-state index is -0.693. The number of carboxylic acid groups (broad SMARTS) is 1. The third-order valence-corrected chi connectivity index (χ3v) is 4.24. The monoisotopic (exact) mass is 319 g/mol. The molecule has 1 N–H and O–H groups in total. The van der Waals surface area contributed by atoms with Gasteiger partial charge in [-0.2, -0.15) is 5.10 Å². The van der Waals surface area contributed by atoms with Crippen LogP contribution in [0.15, 0.2) is 36.7 Å². The second-order valence-electron chi connectivity index (χ2n) is 5.68. The van der Waals surface area contributed by atoms with Crippen LogP contribution in [0.3, 0.4) is 0 Å². The van der Waals surface area contributed by atoms with E-state index in [-0.39, 0.29) is 5.92 Å². The van der Waals surface area contributed by atoms with Crippen LogP contribution in [0.1, 0.15) is 18.4 Å². The summed E-state index contributed by atoms with van der Waals surface area (Å²) in [4.78, 5) is 13.3. The lowest BCUT2D eigenvalue weighted by molar-refractivity contribution is -0.143. The number of benzene rings is 1. The summed E-state index contributed by atoms with van der Waals surface area (Å²) >= 11 is 5.89. The van der Waals surface area contributed by atoms with Gasteiger partial charge in [0.05, 0.1) is 17.8 Å². The molecule has 6 heteroatoms. The first-order valence-corrected chi connectivity index (χ1v) is 7.74. The van der Waals surface area contributed by atoms with Gasteiger partial charge in [0.1, 0.15) is 0 Å². The van der Waals surface area contributed by atoms with Crippen molar-refractivity contribution in [3.8, 4) is 5.69 Å². The molecule has 116 valence electrons. The van der Waals surface area contributed by atoms with E-state index in [0.29, 0.717) is 11.6 Å². The zero-order chi connectivity index (χ0) is 15.5. The highest BCUT2D eigenvalue weighted by molar-refractivity contribution is 6.30. The Kier molecular flexibility index (Phi) is 4.45. The summed E-state index contributed by atoms with van der Waals surface area (Å²) in [5, 5.41) is 14.2. The maximum Gasteiger partial charge on any atom is 0.307 e. The van der Waals surface area contributed by atoms with Crippen molar-refractivity contribution in [2.75, 3.05) is 13.1 Å². The molecule has 0 radical (unpaired) electrons. The van der Waals surface area contributed by atoms with Crippen molar-refractivity contribution in [3.63, 3.8) is 0 Å². The molecular formula is C16H18ClN3O2. The number of aromatic nitrogens is 2. The summed E-state index contributed by atoms with van der Waals surface area (Å²) < 4.78 is 1.81. The molecule has 1 aliphatic rings. The van der Waals surface area contributed by atoms with Crippen LogP contribution in [0, 0.1) is 5.92 Å². The molecule has 1 fully saturated rings. The Labute approximate surface area is 134 Å². The van der Waals surface area contributed by atoms with Gasteiger partial charge in [0.15, 0.2) is 0 Å². The molecule has 1 aliphatic heterocycles. The van der Waals surface area contributed by atoms with E-state index in [1.165, 1.54) is 0 Å². The van der Waals surface area contributed by atoms with E-state index in [0.717, 1.165) is 37.2 Å². The molecule has 1 aromatic carbocycles. The van der Waals surface area contributed by atoms with E-state index < -0.39 is 5.97 Å². The average molecular weight is 320 g/mol. The Balaban J connectivity index is 1.66. The highest BCUT2D eigenvalue weighted by atomic mass is 35.5. The fourth-order valence-corrected chi connectivity index (χ4v) is 2.96. The van der Waals surface area contributed by atoms with Gasteiger partial charge in [0.25, 0.3) is 0 Å². The maximum atomic E-state index is 11.1. The number of hydrogen-bond donors (Lipinski definition) is 1. The van der Waals surface area contributed by atoms with Crippen molar-refractivity contribution >= 4 is 17.6 Å². The zero-order valence-corrected chi connectivity index (χ0v) is 12.9. The third-order valence-electron chi connectivity index (χ3n) is 3.99. The molecule has 2 heterocycles. The van der Waals surface area contributed by atoms with E-state index in [2.05, 4.69) is 10.00 Å². The van der Waals surface area contributed by atoms with Crippen LogP contribution in [0.2, 0.25) is 5.02 Å². The minimum Gasteiger partial charge on any atom is -0.481 e. The van der Waals surface area contributed by atoms with Gasteiger partial charge in [-0.3, -0.25) is 9.69 Å². The normalized spacial score (nSPS) is 19.2. The van der Waals surface area contributed by atoms with Gasteiger partial charge in [-0.1, -0.05) is 11.6 Å². The minimum absolute atomic E-state index is 0.250. The van der Waals surface area contributed by atoms with Crippen LogP contribution >= 0.6 is 11.6 Å². The Morgan fingerprint density at radius 1 is 1.36 bits per heavy atom. The Morgan fingerprint density at radius 2 is 2.14 bits per heavy atom. The van der Waals surface area contributed by atoms with Gasteiger partial charge in [-0.05, 0) is 43.7 Å². The van der Waals surface area contributed by atoms with Crippen LogP contribution in [-0.4, -0.2) is 38.8 Å². The molecule has 0 aliphatic carbocycles. The first-order chi connectivity index (χ1) is 10.6. The Bertz CT molecular complexity index is 654. The van der Waals surface area contributed by atoms with Gasteiger partial charge in [-0.25, -0.2) is 4.68 Å². The highest BCUT2D eigenvalue weighted by Gasteiger charge is 2.25. The molecule has 0 amide bonds. The lowest BCUT2D eigenvalue weighted by atomic mass is 9.98. The second kappa shape index (κ2) is 6.50. The molecule has 0 spiro atoms. The molecule has 1 aromatic heterocycles. The molecule has 0 unspecified atom stereocenters. The number of carbonyl (C=O) groups is 1. The molecule has 1 saturated heterocycles. The van der Waals surface area contributed by atoms with Gasteiger partial charge in [-0.15, -0.1) is 0 Å². The van der Waals surface area contributed by atoms with Gasteiger partial charge < -0.3 is 5.11 Å². The third kappa shape index (κ3) is 3.48. The topological polar surface area (TPSA) is 58.4 Å². The van der Waals surface area contributed by atoms with Crippen molar-refractivity contribution in [2.24, 2.45) is 5.92 Å². The molecule has 22 heavy (non-hydrogen) atoms. The molecular weight excluding hydrogens is 302 g/mol. The molecule has 1 atom stereocenters. The summed E-state index contributed by atoms with van der Waals surface area (Å²) in [7, 11) is 0. The first-order valence-electron chi connectivity index (χ1n) is 7.36. The fraction of sp³-hybridized carbons (Fsp3) is 0.375. The van der Waals surface area contributed by atoms with Crippen molar-refractivity contribution in [3.05, 3.63) is 47.2 Å². The molecule has 2 aromatic rings. The average Bonchev–Trinajstić information content (AvgIpc) is 2.96. The van der Waals surface area contributed by atoms with Crippen molar-refractivity contribution < 1.29 is 9.90 Å². The predicted molar refractivity (Wildman–Crippen MR) is 84.2 cm³/mol. The van der Waals surface area contributed by atoms with Crippen LogP contribution in [-0.2, 0) is 11.3 Å². The number of nitrogens with zero attached hydrogens (tertiary/aromatic N) is 3. The van der Waals surface area contributed by atoms with Crippen LogP contribution < -0.4 is 0 Å². The quantitative estimate of drug-likeness (QED) is 0.941. The van der Waals surface area contributed by atoms with Crippen molar-refractivity contribution in [1.29, 1.82) is 0 Å². The van der Waals surface area contributed by atoms with Crippen molar-refractivity contribution in [1.82, 2.24) is 14.7 Å². The maximum absolute atomic E-state index is 11.1. The Morgan fingerprint density at radius 3 is 2.86 bits per heavy atom. The number of halogens is 1. The molecule has 3 rings (SSSR count). The number of carboxylic acids is 1. The van der Waals surface area contributed by atoms with Gasteiger partial charge >= 0.3 is 5.97 Å². The summed E-state index contributed by atoms with van der Waals surface area (Å²) in [5.74, 6) is -0.943. The lowest BCUT2D eigenvalue weighted by Gasteiger charge is -2.30. The second-order valence-corrected chi connectivity index (χ2v) is 6.12. The van der Waals surface area contributed by atoms with Crippen LogP contribution in [0.5, 0.6) is 0 Å². The Hall–Kier alpha value is -1.85. The van der Waals surface area contributed by atoms with E-state index in [9.17, 15) is 4.79 Å². The number of likely N-dealkylation sites (tertiary alicyclic amines) is 1. The molecule has 0 bridgehead atoms. The zero-order valence-electron chi connectivity index (χ0n) is 12.2. The van der Waals surface area contributed by atoms with E-state index in [4.69, 9.17) is 16.7 Å². The van der Waals surface area contributed by atoms with Crippen molar-refractivity contribution in [2.45, 2.75) is 19.4 Å². The van der Waals surface area contributed by atoms with Crippen LogP contribution in [0.4, 0.5) is 0 Å². The number of piperidine rings is 1. The number of rotatable bonds is 4. The smallest absolute Gasteiger partial charge is 0.307 e. The van der Waals surface area contributed by atoms with E-state index in [1.54, 1.807) is 0 Å². The molecule has 0 saturated carbocycles. The lowest BCUT2D eigenvalue weighted by Crippen LogP contribution is -2.38. The summed E-state index contributed by atoms with van der Waals surface area (Å²) in [6, 6.07) is 7.50. The number of hydrogen-bond acceptors (Lipinski definition) is 3. The van der Waals surface area contributed by atoms with Gasteiger partial charge in [0.2, 0.25) is 0 Å². The SMILES string of the molecule is O=C(O)[C@H]1CCCN(Cc2cnn(-c3ccc(Cl)cc3)c2)C1. The number of aliphatic carboxylic acids is 1. The standard InChI is InChI=1S/C16H18ClN3O2/c17-14-3-5-15(6-4-14)20-10-12(8-18-20)9-19-7-1-2-13(11-19)16(21)22/h3-6,8,10,13H,1-2,7,9,11H2,(H,21,22)/t13-/m0/s1. The van der Waals surface area contributed by atoms with E-state index >= 15 is 0 Å². The molecule has 5 nitrogen and oxygen atoms in total. The highest BCUT2D eigenvalue weighted by Crippen LogP contribution is 2.19. The largest absolute Gasteiger partial charge is 0.481 e. The van der Waals surface area contributed by atoms with Crippen LogP contribution in [0.25, 0.3) is 5.69 Å². The first kappa shape index (κ1) is 15.1. The predicted octanol–water partition coefficient (Wildman–Crippen LogP) is 2.82. The summed E-state index contributed by atoms with van der Waals surface area (Å²) in [6.45, 7) is 2.29. The summed E-state index contributed by atoms with van der Waals surface area (Å²) in [6.07, 6.45) is 5.52. The fourth-order valence-electron chi connectivity index (χ4n) is 2.84. The summed E-state index contributed by atoms with van der Waals surface area (Å²) in [5.41, 5.74) is 2.04. The van der Waals surface area contributed by atoms with Gasteiger partial charge in [0, 0.05) is 29.9 Å². The van der Waals surface area contributed by atoms with E-state index in [1.807, 2.05) is 41.3 Å².